The molecule has 116 valence electrons. The zero-order valence-corrected chi connectivity index (χ0v) is 13.6. The molecule has 3 nitrogen and oxygen atoms in total. The first-order valence-corrected chi connectivity index (χ1v) is 8.29. The summed E-state index contributed by atoms with van der Waals surface area (Å²) in [6.07, 6.45) is 2.33. The molecule has 1 N–H and O–H groups in total. The van der Waals surface area contributed by atoms with E-state index < -0.39 is 0 Å². The van der Waals surface area contributed by atoms with Gasteiger partial charge in [0.15, 0.2) is 0 Å². The van der Waals surface area contributed by atoms with Gasteiger partial charge in [0.2, 0.25) is 0 Å². The molecular weight excluding hydrogens is 260 g/mol. The first-order chi connectivity index (χ1) is 10.1. The number of rotatable bonds is 4. The Morgan fingerprint density at radius 3 is 2.90 bits per heavy atom. The Morgan fingerprint density at radius 2 is 2.14 bits per heavy atom. The summed E-state index contributed by atoms with van der Waals surface area (Å²) < 4.78 is 5.71. The molecule has 1 aromatic rings. The fourth-order valence-corrected chi connectivity index (χ4v) is 3.90. The predicted octanol–water partition coefficient (Wildman–Crippen LogP) is 2.76. The van der Waals surface area contributed by atoms with Crippen molar-refractivity contribution in [3.8, 4) is 0 Å². The Bertz CT molecular complexity index is 486. The molecule has 2 atom stereocenters. The molecule has 1 aliphatic carbocycles. The second-order valence-corrected chi connectivity index (χ2v) is 6.96. The van der Waals surface area contributed by atoms with Crippen LogP contribution in [0.2, 0.25) is 0 Å². The summed E-state index contributed by atoms with van der Waals surface area (Å²) in [7, 11) is 0. The largest absolute Gasteiger partial charge is 0.378 e. The van der Waals surface area contributed by atoms with Gasteiger partial charge in [0, 0.05) is 24.2 Å². The lowest BCUT2D eigenvalue weighted by atomic mass is 9.96. The number of morpholine rings is 1. The molecule has 0 bridgehead atoms. The Hall–Kier alpha value is -0.900. The van der Waals surface area contributed by atoms with E-state index in [-0.39, 0.29) is 5.54 Å². The highest BCUT2D eigenvalue weighted by Gasteiger charge is 2.42. The van der Waals surface area contributed by atoms with E-state index in [0.29, 0.717) is 12.1 Å². The van der Waals surface area contributed by atoms with Crippen molar-refractivity contribution in [3.05, 3.63) is 35.4 Å². The summed E-state index contributed by atoms with van der Waals surface area (Å²) in [5.41, 5.74) is 3.13. The van der Waals surface area contributed by atoms with E-state index in [2.05, 4.69) is 55.3 Å². The lowest BCUT2D eigenvalue weighted by Gasteiger charge is -2.47. The molecule has 0 radical (unpaired) electrons. The zero-order chi connectivity index (χ0) is 14.9. The second kappa shape index (κ2) is 6.07. The van der Waals surface area contributed by atoms with Gasteiger partial charge in [0.05, 0.1) is 13.2 Å². The van der Waals surface area contributed by atoms with E-state index in [0.717, 1.165) is 32.7 Å². The van der Waals surface area contributed by atoms with E-state index in [9.17, 15) is 0 Å². The van der Waals surface area contributed by atoms with E-state index in [1.165, 1.54) is 17.5 Å². The molecule has 3 rings (SSSR count). The Labute approximate surface area is 128 Å². The number of nitrogens with zero attached hydrogens (tertiary/aromatic N) is 1. The van der Waals surface area contributed by atoms with Crippen molar-refractivity contribution in [2.75, 3.05) is 26.3 Å². The summed E-state index contributed by atoms with van der Waals surface area (Å²) >= 11 is 0. The number of benzene rings is 1. The van der Waals surface area contributed by atoms with Gasteiger partial charge in [0.25, 0.3) is 0 Å². The third kappa shape index (κ3) is 2.87. The first kappa shape index (κ1) is 15.0. The lowest BCUT2D eigenvalue weighted by Crippen LogP contribution is -2.59. The second-order valence-electron chi connectivity index (χ2n) is 6.96. The smallest absolute Gasteiger partial charge is 0.0645 e. The van der Waals surface area contributed by atoms with E-state index in [4.69, 9.17) is 4.74 Å². The van der Waals surface area contributed by atoms with Crippen molar-refractivity contribution < 1.29 is 4.74 Å². The number of nitrogens with one attached hydrogen (secondary N) is 1. The third-order valence-corrected chi connectivity index (χ3v) is 4.93. The van der Waals surface area contributed by atoms with E-state index in [1.54, 1.807) is 0 Å². The quantitative estimate of drug-likeness (QED) is 0.922. The Balaban J connectivity index is 1.87. The molecule has 2 aliphatic rings. The van der Waals surface area contributed by atoms with Crippen molar-refractivity contribution in [3.63, 3.8) is 0 Å². The minimum atomic E-state index is 0.122. The third-order valence-electron chi connectivity index (χ3n) is 4.93. The Morgan fingerprint density at radius 1 is 1.33 bits per heavy atom. The van der Waals surface area contributed by atoms with Crippen molar-refractivity contribution in [2.45, 2.75) is 51.2 Å². The molecule has 1 aliphatic heterocycles. The molecule has 2 unspecified atom stereocenters. The van der Waals surface area contributed by atoms with Crippen LogP contribution in [0.4, 0.5) is 0 Å². The van der Waals surface area contributed by atoms with Crippen LogP contribution in [0.25, 0.3) is 0 Å². The summed E-state index contributed by atoms with van der Waals surface area (Å²) in [5, 5.41) is 3.79. The van der Waals surface area contributed by atoms with Gasteiger partial charge >= 0.3 is 0 Å². The molecule has 3 heteroatoms. The van der Waals surface area contributed by atoms with Gasteiger partial charge in [-0.2, -0.15) is 0 Å². The maximum absolute atomic E-state index is 5.71. The maximum Gasteiger partial charge on any atom is 0.0645 e. The van der Waals surface area contributed by atoms with Gasteiger partial charge in [-0.1, -0.05) is 31.2 Å². The van der Waals surface area contributed by atoms with Crippen LogP contribution in [-0.2, 0) is 11.2 Å². The van der Waals surface area contributed by atoms with Crippen molar-refractivity contribution >= 4 is 0 Å². The van der Waals surface area contributed by atoms with Crippen LogP contribution in [0, 0.1) is 0 Å². The van der Waals surface area contributed by atoms with Gasteiger partial charge < -0.3 is 10.1 Å². The van der Waals surface area contributed by atoms with E-state index in [1.807, 2.05) is 0 Å². The highest BCUT2D eigenvalue weighted by molar-refractivity contribution is 5.37. The van der Waals surface area contributed by atoms with Crippen molar-refractivity contribution in [2.24, 2.45) is 0 Å². The molecule has 1 fully saturated rings. The number of hydrogen-bond acceptors (Lipinski definition) is 3. The number of hydrogen-bond donors (Lipinski definition) is 1. The lowest BCUT2D eigenvalue weighted by molar-refractivity contribution is -0.0764. The molecule has 1 heterocycles. The van der Waals surface area contributed by atoms with Crippen molar-refractivity contribution in [1.29, 1.82) is 0 Å². The number of fused-ring (bicyclic) bond motifs is 1. The molecule has 21 heavy (non-hydrogen) atoms. The van der Waals surface area contributed by atoms with Crippen LogP contribution < -0.4 is 5.32 Å². The maximum atomic E-state index is 5.71. The van der Waals surface area contributed by atoms with Crippen LogP contribution in [0.5, 0.6) is 0 Å². The summed E-state index contributed by atoms with van der Waals surface area (Å²) in [6.45, 7) is 10.7. The fraction of sp³-hybridized carbons (Fsp3) is 0.667. The first-order valence-electron chi connectivity index (χ1n) is 8.29. The molecule has 0 spiro atoms. The Kier molecular flexibility index (Phi) is 4.34. The number of ether oxygens (including phenoxy) is 1. The molecular formula is C18H28N2O. The normalized spacial score (nSPS) is 28.5. The zero-order valence-electron chi connectivity index (χ0n) is 13.6. The predicted molar refractivity (Wildman–Crippen MR) is 86.6 cm³/mol. The van der Waals surface area contributed by atoms with Crippen LogP contribution in [0.3, 0.4) is 0 Å². The molecule has 0 amide bonds. The molecule has 1 aromatic carbocycles. The van der Waals surface area contributed by atoms with Crippen LogP contribution in [0.1, 0.15) is 44.4 Å². The molecule has 0 saturated carbocycles. The highest BCUT2D eigenvalue weighted by atomic mass is 16.5. The minimum absolute atomic E-state index is 0.122. The van der Waals surface area contributed by atoms with Gasteiger partial charge in [-0.05, 0) is 44.4 Å². The molecule has 0 aromatic heterocycles. The average molecular weight is 288 g/mol. The minimum Gasteiger partial charge on any atom is -0.378 e. The van der Waals surface area contributed by atoms with E-state index >= 15 is 0 Å². The topological polar surface area (TPSA) is 24.5 Å². The van der Waals surface area contributed by atoms with Crippen LogP contribution >= 0.6 is 0 Å². The highest BCUT2D eigenvalue weighted by Crippen LogP contribution is 2.38. The van der Waals surface area contributed by atoms with Gasteiger partial charge in [-0.25, -0.2) is 0 Å². The summed E-state index contributed by atoms with van der Waals surface area (Å²) in [6, 6.07) is 9.94. The fourth-order valence-electron chi connectivity index (χ4n) is 3.90. The van der Waals surface area contributed by atoms with Crippen molar-refractivity contribution in [1.82, 2.24) is 10.2 Å². The monoisotopic (exact) mass is 288 g/mol. The average Bonchev–Trinajstić information content (AvgIpc) is 2.83. The van der Waals surface area contributed by atoms with Gasteiger partial charge in [-0.3, -0.25) is 4.90 Å². The molecule has 1 saturated heterocycles. The summed E-state index contributed by atoms with van der Waals surface area (Å²) in [4.78, 5) is 2.67. The standard InChI is InChI=1S/C18H28N2O/c1-4-9-19-17-15-8-6-5-7-14(15)12-16(17)20-10-11-21-13-18(20,2)3/h5-8,16-17,19H,4,9-13H2,1-3H3. The van der Waals surface area contributed by atoms with Crippen LogP contribution in [-0.4, -0.2) is 42.8 Å². The van der Waals surface area contributed by atoms with Crippen LogP contribution in [0.15, 0.2) is 24.3 Å². The van der Waals surface area contributed by atoms with Gasteiger partial charge in [-0.15, -0.1) is 0 Å². The SMILES string of the molecule is CCCNC1c2ccccc2CC1N1CCOCC1(C)C. The summed E-state index contributed by atoms with van der Waals surface area (Å²) in [5.74, 6) is 0. The van der Waals surface area contributed by atoms with Gasteiger partial charge in [0.1, 0.15) is 0 Å².